The lowest BCUT2D eigenvalue weighted by atomic mass is 9.54. The average molecular weight is 418 g/mol. The molecule has 0 aromatic heterocycles. The van der Waals surface area contributed by atoms with Crippen LogP contribution in [0.5, 0.6) is 0 Å². The maximum absolute atomic E-state index is 12.7. The quantitative estimate of drug-likeness (QED) is 0.746. The average Bonchev–Trinajstić information content (AvgIpc) is 2.90. The Kier molecular flexibility index (Phi) is 8.00. The minimum Gasteiger partial charge on any atom is -0.378 e. The monoisotopic (exact) mass is 417 g/mol. The first-order chi connectivity index (χ1) is 11.8. The van der Waals surface area contributed by atoms with Gasteiger partial charge >= 0.3 is 0 Å². The molecule has 1 saturated carbocycles. The van der Waals surface area contributed by atoms with E-state index < -0.39 is 5.54 Å². The van der Waals surface area contributed by atoms with Crippen LogP contribution in [0.2, 0.25) is 0 Å². The molecule has 3 N–H and O–H groups in total. The van der Waals surface area contributed by atoms with Gasteiger partial charge in [-0.25, -0.2) is 0 Å². The first-order valence-electron chi connectivity index (χ1n) is 9.34. The summed E-state index contributed by atoms with van der Waals surface area (Å²) in [6.07, 6.45) is 1.70. The number of fused-ring (bicyclic) bond motifs is 1. The second-order valence-electron chi connectivity index (χ2n) is 7.97. The Balaban J connectivity index is 0.00000182. The second kappa shape index (κ2) is 8.99. The molecule has 0 radical (unpaired) electrons. The van der Waals surface area contributed by atoms with Crippen LogP contribution in [-0.2, 0) is 16.0 Å². The van der Waals surface area contributed by atoms with Gasteiger partial charge in [-0.1, -0.05) is 32.0 Å². The zero-order valence-corrected chi connectivity index (χ0v) is 18.3. The maximum atomic E-state index is 12.7. The van der Waals surface area contributed by atoms with Gasteiger partial charge in [-0.05, 0) is 31.9 Å². The third-order valence-electron chi connectivity index (χ3n) is 6.22. The number of nitrogens with zero attached hydrogens (tertiary/aromatic N) is 1. The van der Waals surface area contributed by atoms with Gasteiger partial charge in [-0.3, -0.25) is 4.79 Å². The van der Waals surface area contributed by atoms with Crippen molar-refractivity contribution in [3.8, 4) is 0 Å². The number of nitrogens with one attached hydrogen (secondary N) is 1. The Morgan fingerprint density at radius 3 is 2.63 bits per heavy atom. The highest BCUT2D eigenvalue weighted by Gasteiger charge is 2.62. The highest BCUT2D eigenvalue weighted by Crippen LogP contribution is 2.49. The molecular formula is C20H33Cl2N3O2. The van der Waals surface area contributed by atoms with Crippen LogP contribution in [-0.4, -0.2) is 43.3 Å². The SMILES string of the molecule is CCOC1CC(N)(C(=O)NCCN2c3ccccc3CC2C)C1(C)C.Cl.Cl. The van der Waals surface area contributed by atoms with E-state index in [1.807, 2.05) is 20.8 Å². The minimum absolute atomic E-state index is 0. The molecule has 0 bridgehead atoms. The number of amides is 1. The van der Waals surface area contributed by atoms with E-state index >= 15 is 0 Å². The molecule has 3 atom stereocenters. The van der Waals surface area contributed by atoms with Crippen molar-refractivity contribution in [2.45, 2.75) is 58.2 Å². The fourth-order valence-electron chi connectivity index (χ4n) is 4.24. The van der Waals surface area contributed by atoms with Crippen LogP contribution in [0.4, 0.5) is 5.69 Å². The van der Waals surface area contributed by atoms with Crippen molar-refractivity contribution in [2.75, 3.05) is 24.6 Å². The van der Waals surface area contributed by atoms with E-state index in [1.54, 1.807) is 0 Å². The molecule has 1 heterocycles. The molecule has 27 heavy (non-hydrogen) atoms. The second-order valence-corrected chi connectivity index (χ2v) is 7.97. The maximum Gasteiger partial charge on any atom is 0.240 e. The first-order valence-corrected chi connectivity index (χ1v) is 9.34. The van der Waals surface area contributed by atoms with Crippen LogP contribution in [0, 0.1) is 5.41 Å². The molecule has 7 heteroatoms. The van der Waals surface area contributed by atoms with E-state index in [1.165, 1.54) is 11.3 Å². The standard InChI is InChI=1S/C20H31N3O2.2ClH/c1-5-25-17-13-20(21,19(17,3)4)18(24)22-10-11-23-14(2)12-15-8-6-7-9-16(15)23;;/h6-9,14,17H,5,10-13,21H2,1-4H3,(H,22,24);2*1H. The molecule has 1 aromatic rings. The fraction of sp³-hybridized carbons (Fsp3) is 0.650. The topological polar surface area (TPSA) is 67.6 Å². The molecule has 2 aliphatic rings. The predicted molar refractivity (Wildman–Crippen MR) is 115 cm³/mol. The van der Waals surface area contributed by atoms with Crippen molar-refractivity contribution < 1.29 is 9.53 Å². The van der Waals surface area contributed by atoms with E-state index in [0.717, 1.165) is 13.0 Å². The molecule has 1 aliphatic heterocycles. The smallest absolute Gasteiger partial charge is 0.240 e. The van der Waals surface area contributed by atoms with Gasteiger partial charge < -0.3 is 20.7 Å². The van der Waals surface area contributed by atoms with Crippen molar-refractivity contribution in [1.29, 1.82) is 0 Å². The van der Waals surface area contributed by atoms with Gasteiger partial charge in [-0.2, -0.15) is 0 Å². The summed E-state index contributed by atoms with van der Waals surface area (Å²) in [5.41, 5.74) is 7.91. The highest BCUT2D eigenvalue weighted by atomic mass is 35.5. The van der Waals surface area contributed by atoms with Gasteiger partial charge in [0.2, 0.25) is 5.91 Å². The van der Waals surface area contributed by atoms with E-state index in [2.05, 4.69) is 41.4 Å². The number of para-hydroxylation sites is 1. The molecule has 1 amide bonds. The molecule has 1 fully saturated rings. The molecule has 0 saturated heterocycles. The van der Waals surface area contributed by atoms with Crippen molar-refractivity contribution in [2.24, 2.45) is 11.1 Å². The van der Waals surface area contributed by atoms with Crippen LogP contribution in [0.25, 0.3) is 0 Å². The first kappa shape index (κ1) is 24.0. The number of anilines is 1. The Morgan fingerprint density at radius 2 is 2.00 bits per heavy atom. The highest BCUT2D eigenvalue weighted by molar-refractivity contribution is 5.88. The van der Waals surface area contributed by atoms with Crippen LogP contribution in [0.1, 0.15) is 39.7 Å². The van der Waals surface area contributed by atoms with Crippen molar-refractivity contribution in [3.05, 3.63) is 29.8 Å². The summed E-state index contributed by atoms with van der Waals surface area (Å²) in [4.78, 5) is 15.1. The normalized spacial score (nSPS) is 27.7. The molecular weight excluding hydrogens is 385 g/mol. The van der Waals surface area contributed by atoms with E-state index in [4.69, 9.17) is 10.5 Å². The van der Waals surface area contributed by atoms with E-state index in [0.29, 0.717) is 25.6 Å². The van der Waals surface area contributed by atoms with Crippen LogP contribution in [0.3, 0.4) is 0 Å². The molecule has 3 rings (SSSR count). The summed E-state index contributed by atoms with van der Waals surface area (Å²) in [6.45, 7) is 10.3. The van der Waals surface area contributed by atoms with Gasteiger partial charge in [0.1, 0.15) is 5.54 Å². The van der Waals surface area contributed by atoms with E-state index in [9.17, 15) is 4.79 Å². The molecule has 0 spiro atoms. The Morgan fingerprint density at radius 1 is 1.33 bits per heavy atom. The summed E-state index contributed by atoms with van der Waals surface area (Å²) in [6, 6.07) is 8.96. The number of rotatable bonds is 6. The van der Waals surface area contributed by atoms with Crippen LogP contribution < -0.4 is 16.0 Å². The number of carbonyl (C=O) groups is 1. The number of halogens is 2. The number of hydrogen-bond acceptors (Lipinski definition) is 4. The van der Waals surface area contributed by atoms with Gasteiger partial charge in [0.25, 0.3) is 0 Å². The Bertz CT molecular complexity index is 656. The number of hydrogen-bond donors (Lipinski definition) is 2. The summed E-state index contributed by atoms with van der Waals surface area (Å²) < 4.78 is 5.71. The number of nitrogens with two attached hydrogens (primary N) is 1. The molecule has 1 aromatic carbocycles. The van der Waals surface area contributed by atoms with Gasteiger partial charge in [0, 0.05) is 43.3 Å². The van der Waals surface area contributed by atoms with Gasteiger partial charge in [-0.15, -0.1) is 24.8 Å². The summed E-state index contributed by atoms with van der Waals surface area (Å²) in [5, 5.41) is 3.06. The number of carbonyl (C=O) groups excluding carboxylic acids is 1. The summed E-state index contributed by atoms with van der Waals surface area (Å²) in [5.74, 6) is -0.0615. The predicted octanol–water partition coefficient (Wildman–Crippen LogP) is 2.93. The zero-order chi connectivity index (χ0) is 18.2. The Hall–Kier alpha value is -1.01. The van der Waals surface area contributed by atoms with Crippen LogP contribution in [0.15, 0.2) is 24.3 Å². The lowest BCUT2D eigenvalue weighted by molar-refractivity contribution is -0.170. The number of benzene rings is 1. The minimum atomic E-state index is -0.846. The lowest BCUT2D eigenvalue weighted by Crippen LogP contribution is -2.76. The van der Waals surface area contributed by atoms with Crippen LogP contribution >= 0.6 is 24.8 Å². The zero-order valence-electron chi connectivity index (χ0n) is 16.7. The van der Waals surface area contributed by atoms with Crippen molar-refractivity contribution in [3.63, 3.8) is 0 Å². The summed E-state index contributed by atoms with van der Waals surface area (Å²) in [7, 11) is 0. The lowest BCUT2D eigenvalue weighted by Gasteiger charge is -2.57. The molecule has 3 unspecified atom stereocenters. The third-order valence-corrected chi connectivity index (χ3v) is 6.22. The van der Waals surface area contributed by atoms with E-state index in [-0.39, 0.29) is 42.2 Å². The Labute approximate surface area is 175 Å². The summed E-state index contributed by atoms with van der Waals surface area (Å²) >= 11 is 0. The third kappa shape index (κ3) is 4.07. The molecule has 1 aliphatic carbocycles. The van der Waals surface area contributed by atoms with Gasteiger partial charge in [0.15, 0.2) is 0 Å². The van der Waals surface area contributed by atoms with Crippen molar-refractivity contribution in [1.82, 2.24) is 5.32 Å². The van der Waals surface area contributed by atoms with Crippen molar-refractivity contribution >= 4 is 36.4 Å². The molecule has 154 valence electrons. The number of ether oxygens (including phenoxy) is 1. The molecule has 5 nitrogen and oxygen atoms in total. The fourth-order valence-corrected chi connectivity index (χ4v) is 4.24. The van der Waals surface area contributed by atoms with Gasteiger partial charge in [0.05, 0.1) is 6.10 Å². The largest absolute Gasteiger partial charge is 0.378 e.